The van der Waals surface area contributed by atoms with E-state index in [2.05, 4.69) is 72.8 Å². The summed E-state index contributed by atoms with van der Waals surface area (Å²) in [6.45, 7) is 0. The van der Waals surface area contributed by atoms with Crippen LogP contribution in [-0.2, 0) is 0 Å². The lowest BCUT2D eigenvalue weighted by Gasteiger charge is -2.13. The summed E-state index contributed by atoms with van der Waals surface area (Å²) in [5.74, 6) is 1.82. The summed E-state index contributed by atoms with van der Waals surface area (Å²) in [6.07, 6.45) is 0. The largest absolute Gasteiger partial charge is 0.456 e. The van der Waals surface area contributed by atoms with Crippen molar-refractivity contribution in [1.29, 1.82) is 0 Å². The van der Waals surface area contributed by atoms with Gasteiger partial charge < -0.3 is 8.83 Å². The van der Waals surface area contributed by atoms with E-state index in [0.29, 0.717) is 17.5 Å². The monoisotopic (exact) mass is 641 g/mol. The molecule has 0 spiro atoms. The van der Waals surface area contributed by atoms with Crippen molar-refractivity contribution in [2.24, 2.45) is 0 Å². The van der Waals surface area contributed by atoms with Gasteiger partial charge in [-0.05, 0) is 47.0 Å². The summed E-state index contributed by atoms with van der Waals surface area (Å²) in [4.78, 5) is 15.0. The molecular weight excluding hydrogens is 615 g/mol. The van der Waals surface area contributed by atoms with Crippen LogP contribution >= 0.6 is 0 Å². The number of furan rings is 2. The van der Waals surface area contributed by atoms with Gasteiger partial charge in [-0.25, -0.2) is 15.0 Å². The molecule has 0 fully saturated rings. The molecule has 50 heavy (non-hydrogen) atoms. The van der Waals surface area contributed by atoms with Crippen molar-refractivity contribution in [3.05, 3.63) is 164 Å². The zero-order valence-electron chi connectivity index (χ0n) is 26.7. The van der Waals surface area contributed by atoms with Crippen molar-refractivity contribution >= 4 is 43.9 Å². The first kappa shape index (κ1) is 28.2. The van der Waals surface area contributed by atoms with Gasteiger partial charge in [0.1, 0.15) is 22.3 Å². The Morgan fingerprint density at radius 3 is 1.56 bits per heavy atom. The number of rotatable bonds is 5. The van der Waals surface area contributed by atoms with E-state index < -0.39 is 0 Å². The highest BCUT2D eigenvalue weighted by molar-refractivity contribution is 6.18. The molecule has 5 heteroatoms. The molecule has 7 aromatic carbocycles. The Hall–Kier alpha value is -6.85. The Balaban J connectivity index is 1.25. The summed E-state index contributed by atoms with van der Waals surface area (Å²) in [7, 11) is 0. The summed E-state index contributed by atoms with van der Waals surface area (Å²) in [5, 5.41) is 4.12. The maximum Gasteiger partial charge on any atom is 0.164 e. The van der Waals surface area contributed by atoms with Crippen molar-refractivity contribution < 1.29 is 8.83 Å². The molecule has 0 saturated heterocycles. The van der Waals surface area contributed by atoms with Crippen molar-refractivity contribution in [2.75, 3.05) is 0 Å². The predicted molar refractivity (Wildman–Crippen MR) is 202 cm³/mol. The molecule has 3 aromatic heterocycles. The van der Waals surface area contributed by atoms with Crippen LogP contribution in [0.2, 0.25) is 0 Å². The first-order chi connectivity index (χ1) is 24.8. The van der Waals surface area contributed by atoms with Gasteiger partial charge in [-0.2, -0.15) is 0 Å². The molecule has 3 heterocycles. The Labute approximate surface area is 287 Å². The topological polar surface area (TPSA) is 65.0 Å². The van der Waals surface area contributed by atoms with E-state index in [1.807, 2.05) is 91.0 Å². The van der Waals surface area contributed by atoms with E-state index in [1.54, 1.807) is 0 Å². The third kappa shape index (κ3) is 4.60. The molecule has 0 N–H and O–H groups in total. The van der Waals surface area contributed by atoms with Crippen molar-refractivity contribution in [3.63, 3.8) is 0 Å². The van der Waals surface area contributed by atoms with E-state index in [4.69, 9.17) is 23.8 Å². The Bertz CT molecular complexity index is 2800. The van der Waals surface area contributed by atoms with Gasteiger partial charge in [0.05, 0.1) is 0 Å². The minimum atomic E-state index is 0.587. The molecule has 0 atom stereocenters. The van der Waals surface area contributed by atoms with Gasteiger partial charge in [-0.15, -0.1) is 0 Å². The van der Waals surface area contributed by atoms with E-state index in [0.717, 1.165) is 82.8 Å². The van der Waals surface area contributed by atoms with Crippen molar-refractivity contribution in [1.82, 2.24) is 15.0 Å². The van der Waals surface area contributed by atoms with E-state index in [9.17, 15) is 0 Å². The first-order valence-electron chi connectivity index (χ1n) is 16.6. The van der Waals surface area contributed by atoms with Crippen molar-refractivity contribution in [2.45, 2.75) is 0 Å². The van der Waals surface area contributed by atoms with Crippen LogP contribution in [0.1, 0.15) is 0 Å². The third-order valence-electron chi connectivity index (χ3n) is 9.35. The van der Waals surface area contributed by atoms with Crippen molar-refractivity contribution in [3.8, 4) is 56.4 Å². The zero-order chi connectivity index (χ0) is 33.0. The number of benzene rings is 7. The van der Waals surface area contributed by atoms with Gasteiger partial charge >= 0.3 is 0 Å². The van der Waals surface area contributed by atoms with Crippen LogP contribution in [0.4, 0.5) is 0 Å². The highest BCUT2D eigenvalue weighted by atomic mass is 16.3. The molecule has 234 valence electrons. The average Bonchev–Trinajstić information content (AvgIpc) is 3.76. The van der Waals surface area contributed by atoms with Gasteiger partial charge in [0.15, 0.2) is 17.5 Å². The number of para-hydroxylation sites is 1. The molecule has 10 rings (SSSR count). The van der Waals surface area contributed by atoms with Crippen LogP contribution in [0, 0.1) is 0 Å². The van der Waals surface area contributed by atoms with Crippen LogP contribution in [0.5, 0.6) is 0 Å². The maximum absolute atomic E-state index is 6.50. The van der Waals surface area contributed by atoms with Gasteiger partial charge in [-0.1, -0.05) is 133 Å². The molecular formula is C45H27N3O2. The van der Waals surface area contributed by atoms with Crippen LogP contribution in [-0.4, -0.2) is 15.0 Å². The van der Waals surface area contributed by atoms with Gasteiger partial charge in [0.25, 0.3) is 0 Å². The number of hydrogen-bond acceptors (Lipinski definition) is 5. The molecule has 0 bridgehead atoms. The minimum absolute atomic E-state index is 0.587. The molecule has 0 aliphatic carbocycles. The summed E-state index contributed by atoms with van der Waals surface area (Å²) < 4.78 is 12.9. The Morgan fingerprint density at radius 2 is 0.860 bits per heavy atom. The van der Waals surface area contributed by atoms with Crippen LogP contribution in [0.25, 0.3) is 100 Å². The molecule has 0 unspecified atom stereocenters. The lowest BCUT2D eigenvalue weighted by atomic mass is 9.90. The first-order valence-corrected chi connectivity index (χ1v) is 16.6. The Kier molecular flexibility index (Phi) is 6.42. The second-order valence-electron chi connectivity index (χ2n) is 12.4. The third-order valence-corrected chi connectivity index (χ3v) is 9.35. The van der Waals surface area contributed by atoms with E-state index >= 15 is 0 Å². The van der Waals surface area contributed by atoms with Crippen LogP contribution in [0.3, 0.4) is 0 Å². The molecule has 0 aliphatic rings. The fourth-order valence-corrected chi connectivity index (χ4v) is 7.07. The quantitative estimate of drug-likeness (QED) is 0.187. The molecule has 5 nitrogen and oxygen atoms in total. The fraction of sp³-hybridized carbons (Fsp3) is 0. The number of aromatic nitrogens is 3. The number of hydrogen-bond donors (Lipinski definition) is 0. The zero-order valence-corrected chi connectivity index (χ0v) is 26.7. The van der Waals surface area contributed by atoms with Gasteiger partial charge in [0.2, 0.25) is 0 Å². The molecule has 0 saturated carbocycles. The smallest absolute Gasteiger partial charge is 0.164 e. The minimum Gasteiger partial charge on any atom is -0.456 e. The highest BCUT2D eigenvalue weighted by Gasteiger charge is 2.21. The summed E-state index contributed by atoms with van der Waals surface area (Å²) in [6, 6.07) is 55.7. The lowest BCUT2D eigenvalue weighted by molar-refractivity contribution is 0.669. The molecule has 0 radical (unpaired) electrons. The standard InChI is InChI=1S/C45H27N3O2/c1-4-13-28(14-5-1)32-24-26-39-42(33-19-10-11-21-36(33)49-39)40(32)31-23-25-37-35(27-31)41-34(20-12-22-38(41)50-37)45-47-43(29-15-6-2-7-16-29)46-44(48-45)30-17-8-3-9-18-30/h1-27H. The van der Waals surface area contributed by atoms with E-state index in [-0.39, 0.29) is 0 Å². The SMILES string of the molecule is c1ccc(-c2nc(-c3ccccc3)nc(-c3cccc4oc5ccc(-c6c(-c7ccccc7)ccc7oc8ccccc8c67)cc5c34)n2)cc1. The number of fused-ring (bicyclic) bond motifs is 6. The van der Waals surface area contributed by atoms with Crippen LogP contribution < -0.4 is 0 Å². The maximum atomic E-state index is 6.50. The average molecular weight is 642 g/mol. The molecule has 10 aromatic rings. The normalized spacial score (nSPS) is 11.6. The highest BCUT2D eigenvalue weighted by Crippen LogP contribution is 2.45. The molecule has 0 aliphatic heterocycles. The van der Waals surface area contributed by atoms with E-state index in [1.165, 1.54) is 0 Å². The number of nitrogens with zero attached hydrogens (tertiary/aromatic N) is 3. The summed E-state index contributed by atoms with van der Waals surface area (Å²) >= 11 is 0. The van der Waals surface area contributed by atoms with Gasteiger partial charge in [0, 0.05) is 43.8 Å². The fourth-order valence-electron chi connectivity index (χ4n) is 7.07. The summed E-state index contributed by atoms with van der Waals surface area (Å²) in [5.41, 5.74) is 10.5. The Morgan fingerprint density at radius 1 is 0.320 bits per heavy atom. The second-order valence-corrected chi connectivity index (χ2v) is 12.4. The van der Waals surface area contributed by atoms with Gasteiger partial charge in [-0.3, -0.25) is 0 Å². The second kappa shape index (κ2) is 11.4. The lowest BCUT2D eigenvalue weighted by Crippen LogP contribution is -2.00. The van der Waals surface area contributed by atoms with Crippen LogP contribution in [0.15, 0.2) is 173 Å². The molecule has 0 amide bonds. The predicted octanol–water partition coefficient (Wildman–Crippen LogP) is 12.0.